The van der Waals surface area contributed by atoms with Crippen LogP contribution in [0.5, 0.6) is 0 Å². The van der Waals surface area contributed by atoms with Crippen LogP contribution in [0.25, 0.3) is 0 Å². The Kier molecular flexibility index (Phi) is 9.46. The van der Waals surface area contributed by atoms with Crippen molar-refractivity contribution in [3.8, 4) is 0 Å². The summed E-state index contributed by atoms with van der Waals surface area (Å²) in [5.74, 6) is -2.37. The van der Waals surface area contributed by atoms with Crippen molar-refractivity contribution in [2.24, 2.45) is 5.92 Å². The average molecular weight is 445 g/mol. The van der Waals surface area contributed by atoms with E-state index in [-0.39, 0.29) is 6.61 Å². The molecule has 1 aromatic carbocycles. The summed E-state index contributed by atoms with van der Waals surface area (Å²) < 4.78 is 19.6. The van der Waals surface area contributed by atoms with Gasteiger partial charge >= 0.3 is 24.0 Å². The number of hydrogen-bond acceptors (Lipinski definition) is 8. The summed E-state index contributed by atoms with van der Waals surface area (Å²) in [6.07, 6.45) is 5.53. The van der Waals surface area contributed by atoms with Crippen molar-refractivity contribution in [3.63, 3.8) is 0 Å². The van der Waals surface area contributed by atoms with Gasteiger partial charge in [0.1, 0.15) is 12.6 Å². The highest BCUT2D eigenvalue weighted by Crippen LogP contribution is 2.32. The van der Waals surface area contributed by atoms with Crippen molar-refractivity contribution < 1.29 is 38.1 Å². The highest BCUT2D eigenvalue weighted by Gasteiger charge is 2.44. The molecule has 0 bridgehead atoms. The van der Waals surface area contributed by atoms with Crippen LogP contribution in [-0.4, -0.2) is 62.3 Å². The van der Waals surface area contributed by atoms with Crippen LogP contribution in [0.15, 0.2) is 54.6 Å². The number of benzene rings is 1. The quantitative estimate of drug-likeness (QED) is 0.358. The maximum Gasteiger partial charge on any atom is 0.411 e. The van der Waals surface area contributed by atoms with E-state index >= 15 is 0 Å². The maximum atomic E-state index is 13.1. The number of nitrogens with zero attached hydrogens (tertiary/aromatic N) is 1. The number of rotatable bonds is 7. The summed E-state index contributed by atoms with van der Waals surface area (Å²) in [5.41, 5.74) is 0.774. The van der Waals surface area contributed by atoms with Gasteiger partial charge in [-0.25, -0.2) is 19.2 Å². The molecule has 1 aromatic rings. The van der Waals surface area contributed by atoms with E-state index in [1.165, 1.54) is 50.5 Å². The van der Waals surface area contributed by atoms with Crippen LogP contribution < -0.4 is 0 Å². The molecule has 1 aliphatic rings. The zero-order chi connectivity index (χ0) is 23.5. The molecule has 3 atom stereocenters. The molecule has 32 heavy (non-hydrogen) atoms. The first-order valence-corrected chi connectivity index (χ1v) is 10.00. The molecule has 0 spiro atoms. The number of amides is 1. The molecule has 9 heteroatoms. The van der Waals surface area contributed by atoms with Crippen LogP contribution in [0.1, 0.15) is 18.4 Å². The lowest BCUT2D eigenvalue weighted by Crippen LogP contribution is -2.56. The Morgan fingerprint density at radius 2 is 1.53 bits per heavy atom. The van der Waals surface area contributed by atoms with Gasteiger partial charge in [-0.15, -0.1) is 0 Å². The van der Waals surface area contributed by atoms with Gasteiger partial charge in [0, 0.05) is 18.1 Å². The lowest BCUT2D eigenvalue weighted by Gasteiger charge is -2.42. The fraction of sp³-hybridized carbons (Fsp3) is 0.391. The molecular weight excluding hydrogens is 418 g/mol. The van der Waals surface area contributed by atoms with Gasteiger partial charge in [-0.3, -0.25) is 4.90 Å². The number of likely N-dealkylation sites (tertiary alicyclic amines) is 1. The van der Waals surface area contributed by atoms with Crippen molar-refractivity contribution in [3.05, 3.63) is 60.2 Å². The van der Waals surface area contributed by atoms with Crippen LogP contribution in [0.3, 0.4) is 0 Å². The first kappa shape index (κ1) is 24.6. The average Bonchev–Trinajstić information content (AvgIpc) is 2.83. The highest BCUT2D eigenvalue weighted by molar-refractivity contribution is 5.85. The topological polar surface area (TPSA) is 108 Å². The molecular formula is C23H27NO8. The van der Waals surface area contributed by atoms with Gasteiger partial charge in [0.15, 0.2) is 0 Å². The first-order chi connectivity index (χ1) is 15.4. The summed E-state index contributed by atoms with van der Waals surface area (Å²) in [6, 6.07) is 7.40. The van der Waals surface area contributed by atoms with Crippen molar-refractivity contribution >= 4 is 24.0 Å². The summed E-state index contributed by atoms with van der Waals surface area (Å²) in [4.78, 5) is 50.2. The molecule has 0 aromatic heterocycles. The van der Waals surface area contributed by atoms with E-state index < -0.39 is 42.0 Å². The molecule has 1 fully saturated rings. The second kappa shape index (κ2) is 12.3. The minimum absolute atomic E-state index is 0.000167. The predicted molar refractivity (Wildman–Crippen MR) is 113 cm³/mol. The summed E-state index contributed by atoms with van der Waals surface area (Å²) in [6.45, 7) is 0.000167. The van der Waals surface area contributed by atoms with Gasteiger partial charge in [-0.05, 0) is 18.4 Å². The Labute approximate surface area is 186 Å². The third kappa shape index (κ3) is 6.69. The van der Waals surface area contributed by atoms with E-state index in [0.29, 0.717) is 12.8 Å². The number of hydrogen-bond donors (Lipinski definition) is 0. The molecule has 1 amide bonds. The van der Waals surface area contributed by atoms with Crippen molar-refractivity contribution in [2.45, 2.75) is 31.5 Å². The molecule has 0 radical (unpaired) electrons. The Balaban J connectivity index is 2.34. The molecule has 0 unspecified atom stereocenters. The number of esters is 3. The van der Waals surface area contributed by atoms with E-state index in [4.69, 9.17) is 9.47 Å². The molecule has 9 nitrogen and oxygen atoms in total. The summed E-state index contributed by atoms with van der Waals surface area (Å²) in [5, 5.41) is 0. The van der Waals surface area contributed by atoms with Gasteiger partial charge in [-0.1, -0.05) is 42.5 Å². The number of ether oxygens (including phenoxy) is 4. The molecule has 1 saturated heterocycles. The van der Waals surface area contributed by atoms with Crippen LogP contribution in [0, 0.1) is 5.92 Å². The normalized spacial score (nSPS) is 20.7. The van der Waals surface area contributed by atoms with Crippen molar-refractivity contribution in [2.75, 3.05) is 21.3 Å². The largest absolute Gasteiger partial charge is 0.467 e. The molecule has 0 N–H and O–H groups in total. The number of methoxy groups -OCH3 is 3. The van der Waals surface area contributed by atoms with E-state index in [2.05, 4.69) is 9.47 Å². The van der Waals surface area contributed by atoms with Crippen LogP contribution in [-0.2, 0) is 39.9 Å². The number of carbonyl (C=O) groups is 4. The first-order valence-electron chi connectivity index (χ1n) is 10.00. The lowest BCUT2D eigenvalue weighted by molar-refractivity contribution is -0.150. The molecule has 0 aliphatic carbocycles. The van der Waals surface area contributed by atoms with E-state index in [0.717, 1.165) is 5.56 Å². The molecule has 172 valence electrons. The van der Waals surface area contributed by atoms with E-state index in [9.17, 15) is 19.2 Å². The Bertz CT molecular complexity index is 864. The molecule has 2 rings (SSSR count). The van der Waals surface area contributed by atoms with Crippen LogP contribution >= 0.6 is 0 Å². The zero-order valence-corrected chi connectivity index (χ0v) is 18.3. The molecule has 1 heterocycles. The van der Waals surface area contributed by atoms with Gasteiger partial charge in [0.2, 0.25) is 0 Å². The van der Waals surface area contributed by atoms with E-state index in [1.54, 1.807) is 12.1 Å². The fourth-order valence-corrected chi connectivity index (χ4v) is 3.44. The third-order valence-electron chi connectivity index (χ3n) is 5.05. The van der Waals surface area contributed by atoms with Crippen LogP contribution in [0.4, 0.5) is 4.79 Å². The minimum Gasteiger partial charge on any atom is -0.467 e. The van der Waals surface area contributed by atoms with E-state index in [1.807, 2.05) is 18.2 Å². The predicted octanol–water partition coefficient (Wildman–Crippen LogP) is 2.40. The Hall–Kier alpha value is -3.62. The molecule has 0 saturated carbocycles. The fourth-order valence-electron chi connectivity index (χ4n) is 3.44. The Morgan fingerprint density at radius 3 is 2.12 bits per heavy atom. The zero-order valence-electron chi connectivity index (χ0n) is 18.3. The summed E-state index contributed by atoms with van der Waals surface area (Å²) >= 11 is 0. The smallest absolute Gasteiger partial charge is 0.411 e. The minimum atomic E-state index is -1.06. The van der Waals surface area contributed by atoms with Gasteiger partial charge in [0.05, 0.1) is 27.4 Å². The second-order valence-electron chi connectivity index (χ2n) is 6.99. The van der Waals surface area contributed by atoms with Gasteiger partial charge in [0.25, 0.3) is 0 Å². The lowest BCUT2D eigenvalue weighted by atomic mass is 9.85. The van der Waals surface area contributed by atoms with Gasteiger partial charge in [-0.2, -0.15) is 0 Å². The van der Waals surface area contributed by atoms with Crippen LogP contribution in [0.2, 0.25) is 0 Å². The third-order valence-corrected chi connectivity index (χ3v) is 5.05. The van der Waals surface area contributed by atoms with Crippen molar-refractivity contribution in [1.29, 1.82) is 0 Å². The highest BCUT2D eigenvalue weighted by atomic mass is 16.6. The summed E-state index contributed by atoms with van der Waals surface area (Å²) in [7, 11) is 3.70. The SMILES string of the molecule is COC(=O)/C=C/[C@@H]1CC[C@H](/C=C/C(=O)OC)[C@@H](C(=O)OC)N1C(=O)OCc1ccccc1. The monoisotopic (exact) mass is 445 g/mol. The number of carbonyl (C=O) groups excluding carboxylic acids is 4. The van der Waals surface area contributed by atoms with Crippen molar-refractivity contribution in [1.82, 2.24) is 4.90 Å². The maximum absolute atomic E-state index is 13.1. The van der Waals surface area contributed by atoms with Gasteiger partial charge < -0.3 is 18.9 Å². The molecule has 1 aliphatic heterocycles. The Morgan fingerprint density at radius 1 is 0.906 bits per heavy atom. The standard InChI is InChI=1S/C23H27NO8/c1-29-19(25)13-10-17-9-11-18(12-14-20(26)30-2)24(21(17)22(27)31-3)23(28)32-15-16-7-5-4-6-8-16/h4-8,10,12-14,17-18,21H,9,11,15H2,1-3H3/b13-10+,14-12+/t17-,18+,21+/m1/s1. The number of piperidine rings is 1. The second-order valence-corrected chi connectivity index (χ2v) is 6.99.